The van der Waals surface area contributed by atoms with Crippen LogP contribution in [0, 0.1) is 0 Å². The maximum absolute atomic E-state index is 12.4. The van der Waals surface area contributed by atoms with Crippen LogP contribution in [0.25, 0.3) is 11.3 Å². The van der Waals surface area contributed by atoms with Gasteiger partial charge in [-0.25, -0.2) is 13.4 Å². The lowest BCUT2D eigenvalue weighted by molar-refractivity contribution is 0.240. The second-order valence-electron chi connectivity index (χ2n) is 7.24. The number of aromatic amines is 1. The molecule has 7 nitrogen and oxygen atoms in total. The summed E-state index contributed by atoms with van der Waals surface area (Å²) < 4.78 is 23.4. The highest BCUT2D eigenvalue weighted by Crippen LogP contribution is 2.26. The van der Waals surface area contributed by atoms with Crippen molar-refractivity contribution in [3.05, 3.63) is 73.7 Å². The molecule has 3 heterocycles. The fourth-order valence-electron chi connectivity index (χ4n) is 3.42. The van der Waals surface area contributed by atoms with Crippen LogP contribution in [0.4, 0.5) is 0 Å². The van der Waals surface area contributed by atoms with Crippen molar-refractivity contribution in [2.75, 3.05) is 12.8 Å². The van der Waals surface area contributed by atoms with Gasteiger partial charge in [0.25, 0.3) is 5.56 Å². The summed E-state index contributed by atoms with van der Waals surface area (Å²) in [6, 6.07) is 9.16. The number of sulfone groups is 1. The van der Waals surface area contributed by atoms with Crippen LogP contribution in [-0.4, -0.2) is 41.1 Å². The number of fused-ring (bicyclic) bond motifs is 1. The molecule has 156 valence electrons. The van der Waals surface area contributed by atoms with Crippen LogP contribution >= 0.6 is 23.2 Å². The van der Waals surface area contributed by atoms with E-state index in [1.165, 1.54) is 0 Å². The smallest absolute Gasteiger partial charge is 0.256 e. The van der Waals surface area contributed by atoms with Crippen molar-refractivity contribution in [1.82, 2.24) is 19.9 Å². The van der Waals surface area contributed by atoms with Gasteiger partial charge in [-0.05, 0) is 29.8 Å². The number of hydrogen-bond acceptors (Lipinski definition) is 6. The Morgan fingerprint density at radius 1 is 1.17 bits per heavy atom. The largest absolute Gasteiger partial charge is 0.297 e. The Kier molecular flexibility index (Phi) is 5.67. The lowest BCUT2D eigenvalue weighted by Crippen LogP contribution is -2.36. The fraction of sp³-hybridized carbons (Fsp3) is 0.250. The standard InChI is InChI=1S/C20H18Cl2N4O3S/c1-30(28,29)20-24-18-4-5-26(11-16(18)19(27)25-20)10-12-2-3-17(23-9-12)13-6-14(21)8-15(22)7-13/h2-3,6-9H,4-5,10-11H2,1H3,(H,24,25,27). The highest BCUT2D eigenvalue weighted by atomic mass is 35.5. The number of benzene rings is 1. The Balaban J connectivity index is 1.51. The average molecular weight is 465 g/mol. The fourth-order valence-corrected chi connectivity index (χ4v) is 4.50. The van der Waals surface area contributed by atoms with Crippen molar-refractivity contribution in [3.8, 4) is 11.3 Å². The number of nitrogens with zero attached hydrogens (tertiary/aromatic N) is 3. The second-order valence-corrected chi connectivity index (χ2v) is 10.0. The van der Waals surface area contributed by atoms with Gasteiger partial charge in [-0.15, -0.1) is 0 Å². The Bertz CT molecular complexity index is 1250. The summed E-state index contributed by atoms with van der Waals surface area (Å²) in [5, 5.41) is 0.821. The van der Waals surface area contributed by atoms with E-state index in [2.05, 4.69) is 19.9 Å². The summed E-state index contributed by atoms with van der Waals surface area (Å²) in [5.74, 6) is 0. The minimum atomic E-state index is -3.56. The Morgan fingerprint density at radius 3 is 2.53 bits per heavy atom. The van der Waals surface area contributed by atoms with Gasteiger partial charge in [-0.2, -0.15) is 0 Å². The Hall–Kier alpha value is -2.26. The quantitative estimate of drug-likeness (QED) is 0.595. The predicted octanol–water partition coefficient (Wildman–Crippen LogP) is 3.10. The van der Waals surface area contributed by atoms with Crippen molar-refractivity contribution < 1.29 is 8.42 Å². The third-order valence-electron chi connectivity index (χ3n) is 4.87. The van der Waals surface area contributed by atoms with E-state index < -0.39 is 15.4 Å². The molecule has 0 aliphatic carbocycles. The molecule has 3 aromatic rings. The van der Waals surface area contributed by atoms with Crippen LogP contribution in [0.15, 0.2) is 46.5 Å². The summed E-state index contributed by atoms with van der Waals surface area (Å²) in [4.78, 5) is 25.5. The highest BCUT2D eigenvalue weighted by molar-refractivity contribution is 7.90. The minimum absolute atomic E-state index is 0.277. The number of H-pyrrole nitrogens is 1. The van der Waals surface area contributed by atoms with Crippen molar-refractivity contribution in [1.29, 1.82) is 0 Å². The van der Waals surface area contributed by atoms with Crippen LogP contribution in [0.2, 0.25) is 10.0 Å². The molecule has 0 fully saturated rings. The third kappa shape index (κ3) is 4.57. The van der Waals surface area contributed by atoms with E-state index in [1.54, 1.807) is 24.4 Å². The zero-order valence-corrected chi connectivity index (χ0v) is 18.4. The zero-order chi connectivity index (χ0) is 21.5. The third-order valence-corrected chi connectivity index (χ3v) is 6.20. The zero-order valence-electron chi connectivity index (χ0n) is 16.0. The van der Waals surface area contributed by atoms with E-state index in [4.69, 9.17) is 23.2 Å². The molecule has 0 unspecified atom stereocenters. The molecule has 4 rings (SSSR count). The number of hydrogen-bond donors (Lipinski definition) is 1. The first-order chi connectivity index (χ1) is 14.2. The van der Waals surface area contributed by atoms with Crippen molar-refractivity contribution in [2.45, 2.75) is 24.7 Å². The van der Waals surface area contributed by atoms with Gasteiger partial charge in [0.05, 0.1) is 17.0 Å². The van der Waals surface area contributed by atoms with Crippen molar-refractivity contribution in [3.63, 3.8) is 0 Å². The van der Waals surface area contributed by atoms with E-state index in [1.807, 2.05) is 12.1 Å². The summed E-state index contributed by atoms with van der Waals surface area (Å²) in [6.45, 7) is 1.67. The van der Waals surface area contributed by atoms with E-state index in [0.717, 1.165) is 23.1 Å². The SMILES string of the molecule is CS(=O)(=O)c1nc2c(c(=O)[nH]1)CN(Cc1ccc(-c3cc(Cl)cc(Cl)c3)nc1)CC2. The Morgan fingerprint density at radius 2 is 1.90 bits per heavy atom. The second kappa shape index (κ2) is 8.11. The first kappa shape index (κ1) is 21.0. The van der Waals surface area contributed by atoms with Gasteiger partial charge in [-0.3, -0.25) is 19.7 Å². The van der Waals surface area contributed by atoms with Gasteiger partial charge in [0.1, 0.15) is 0 Å². The van der Waals surface area contributed by atoms with Gasteiger partial charge in [0.2, 0.25) is 15.0 Å². The number of pyridine rings is 1. The number of halogens is 2. The highest BCUT2D eigenvalue weighted by Gasteiger charge is 2.23. The van der Waals surface area contributed by atoms with Crippen molar-refractivity contribution in [2.24, 2.45) is 0 Å². The molecule has 0 bridgehead atoms. The van der Waals surface area contributed by atoms with Gasteiger partial charge >= 0.3 is 0 Å². The van der Waals surface area contributed by atoms with E-state index in [9.17, 15) is 13.2 Å². The van der Waals surface area contributed by atoms with Gasteiger partial charge in [0, 0.05) is 54.1 Å². The molecule has 1 aliphatic rings. The van der Waals surface area contributed by atoms with Crippen molar-refractivity contribution >= 4 is 33.0 Å². The topological polar surface area (TPSA) is 96.0 Å². The molecule has 1 aromatic carbocycles. The lowest BCUT2D eigenvalue weighted by atomic mass is 10.1. The van der Waals surface area contributed by atoms with Gasteiger partial charge in [0.15, 0.2) is 0 Å². The van der Waals surface area contributed by atoms with Crippen LogP contribution in [-0.2, 0) is 29.3 Å². The molecular formula is C20H18Cl2N4O3S. The monoisotopic (exact) mass is 464 g/mol. The summed E-state index contributed by atoms with van der Waals surface area (Å²) in [5.41, 5.74) is 3.24. The van der Waals surface area contributed by atoms with Crippen LogP contribution in [0.5, 0.6) is 0 Å². The molecule has 1 aliphatic heterocycles. The summed E-state index contributed by atoms with van der Waals surface area (Å²) in [6.07, 6.45) is 3.32. The molecule has 0 spiro atoms. The first-order valence-corrected chi connectivity index (χ1v) is 11.8. The predicted molar refractivity (Wildman–Crippen MR) is 115 cm³/mol. The Labute approximate surface area is 183 Å². The van der Waals surface area contributed by atoms with E-state index in [-0.39, 0.29) is 5.16 Å². The normalized spacial score (nSPS) is 14.5. The summed E-state index contributed by atoms with van der Waals surface area (Å²) in [7, 11) is -3.56. The molecular weight excluding hydrogens is 447 g/mol. The van der Waals surface area contributed by atoms with E-state index >= 15 is 0 Å². The van der Waals surface area contributed by atoms with E-state index in [0.29, 0.717) is 47.4 Å². The van der Waals surface area contributed by atoms with Crippen LogP contribution in [0.1, 0.15) is 16.8 Å². The molecule has 0 amide bonds. The first-order valence-electron chi connectivity index (χ1n) is 9.15. The summed E-state index contributed by atoms with van der Waals surface area (Å²) >= 11 is 12.1. The van der Waals surface area contributed by atoms with Gasteiger partial charge in [-0.1, -0.05) is 29.3 Å². The number of aromatic nitrogens is 3. The molecule has 30 heavy (non-hydrogen) atoms. The van der Waals surface area contributed by atoms with Crippen LogP contribution < -0.4 is 5.56 Å². The molecule has 0 saturated heterocycles. The number of rotatable bonds is 4. The maximum Gasteiger partial charge on any atom is 0.256 e. The molecule has 2 aromatic heterocycles. The molecule has 0 atom stereocenters. The van der Waals surface area contributed by atoms with Crippen LogP contribution in [0.3, 0.4) is 0 Å². The maximum atomic E-state index is 12.4. The lowest BCUT2D eigenvalue weighted by Gasteiger charge is -2.27. The molecule has 0 saturated carbocycles. The molecule has 1 N–H and O–H groups in total. The molecule has 0 radical (unpaired) electrons. The number of nitrogens with one attached hydrogen (secondary N) is 1. The molecule has 10 heteroatoms. The van der Waals surface area contributed by atoms with Gasteiger partial charge < -0.3 is 0 Å². The average Bonchev–Trinajstić information content (AvgIpc) is 2.67. The minimum Gasteiger partial charge on any atom is -0.297 e.